The molecular weight excluding hydrogens is 126 g/mol. The quantitative estimate of drug-likeness (QED) is 0.489. The third kappa shape index (κ3) is 0.867. The number of aliphatic imine (C=N–C) groups is 1. The van der Waals surface area contributed by atoms with E-state index in [-0.39, 0.29) is 11.8 Å². The zero-order chi connectivity index (χ0) is 7.56. The number of hydrogen-bond donors (Lipinski definition) is 0. The van der Waals surface area contributed by atoms with Crippen molar-refractivity contribution < 1.29 is 0 Å². The van der Waals surface area contributed by atoms with Crippen LogP contribution in [0.5, 0.6) is 0 Å². The van der Waals surface area contributed by atoms with E-state index < -0.39 is 0 Å². The fourth-order valence-electron chi connectivity index (χ4n) is 1.04. The second-order valence-corrected chi connectivity index (χ2v) is 2.32. The normalized spacial score (nSPS) is 30.5. The van der Waals surface area contributed by atoms with Gasteiger partial charge in [0.2, 0.25) is 0 Å². The molecule has 0 N–H and O–H groups in total. The molecule has 0 saturated carbocycles. The molecule has 0 radical (unpaired) electrons. The van der Waals surface area contributed by atoms with Gasteiger partial charge in [0.1, 0.15) is 5.92 Å². The number of rotatable bonds is 0. The van der Waals surface area contributed by atoms with Crippen LogP contribution >= 0.6 is 0 Å². The maximum Gasteiger partial charge on any atom is 0.101 e. The van der Waals surface area contributed by atoms with E-state index in [0.717, 1.165) is 5.71 Å². The van der Waals surface area contributed by atoms with Crippen molar-refractivity contribution in [3.05, 3.63) is 0 Å². The van der Waals surface area contributed by atoms with Gasteiger partial charge in [0.15, 0.2) is 0 Å². The first kappa shape index (κ1) is 6.77. The van der Waals surface area contributed by atoms with Crippen molar-refractivity contribution >= 4 is 5.71 Å². The molecule has 1 aliphatic rings. The van der Waals surface area contributed by atoms with Crippen LogP contribution in [-0.2, 0) is 0 Å². The van der Waals surface area contributed by atoms with Crippen LogP contribution in [-0.4, -0.2) is 12.3 Å². The largest absolute Gasteiger partial charge is 0.292 e. The summed E-state index contributed by atoms with van der Waals surface area (Å²) < 4.78 is 0. The maximum absolute atomic E-state index is 8.56. The number of hydrogen-bond acceptors (Lipinski definition) is 3. The van der Waals surface area contributed by atoms with Crippen LogP contribution in [0.15, 0.2) is 4.99 Å². The Kier molecular flexibility index (Phi) is 1.69. The van der Waals surface area contributed by atoms with E-state index in [1.54, 1.807) is 6.92 Å². The van der Waals surface area contributed by atoms with E-state index in [9.17, 15) is 0 Å². The van der Waals surface area contributed by atoms with Gasteiger partial charge >= 0.3 is 0 Å². The summed E-state index contributed by atoms with van der Waals surface area (Å²) in [4.78, 5) is 4.01. The average molecular weight is 133 g/mol. The predicted octanol–water partition coefficient (Wildman–Crippen LogP) is 0.740. The lowest BCUT2D eigenvalue weighted by Crippen LogP contribution is -2.13. The molecule has 1 rings (SSSR count). The summed E-state index contributed by atoms with van der Waals surface area (Å²) in [5.74, 6) is -0.463. The molecule has 0 fully saturated rings. The molecule has 0 aromatic rings. The lowest BCUT2D eigenvalue weighted by molar-refractivity contribution is 0.663. The molecule has 0 aromatic heterocycles. The highest BCUT2D eigenvalue weighted by molar-refractivity contribution is 5.88. The zero-order valence-electron chi connectivity index (χ0n) is 5.70. The first-order valence-electron chi connectivity index (χ1n) is 3.09. The van der Waals surface area contributed by atoms with Gasteiger partial charge in [-0.25, -0.2) is 0 Å². The molecule has 3 heteroatoms. The van der Waals surface area contributed by atoms with Crippen LogP contribution in [0.1, 0.15) is 6.92 Å². The summed E-state index contributed by atoms with van der Waals surface area (Å²) in [5.41, 5.74) is 0.800. The van der Waals surface area contributed by atoms with E-state index in [0.29, 0.717) is 6.54 Å². The Morgan fingerprint density at radius 1 is 1.50 bits per heavy atom. The second-order valence-electron chi connectivity index (χ2n) is 2.32. The summed E-state index contributed by atoms with van der Waals surface area (Å²) in [6, 6.07) is 4.12. The molecule has 2 atom stereocenters. The molecule has 0 unspecified atom stereocenters. The minimum atomic E-state index is -0.259. The lowest BCUT2D eigenvalue weighted by atomic mass is 9.95. The molecule has 1 heterocycles. The van der Waals surface area contributed by atoms with Crippen LogP contribution in [0.25, 0.3) is 0 Å². The molecule has 1 aliphatic heterocycles. The van der Waals surface area contributed by atoms with Gasteiger partial charge in [-0.2, -0.15) is 10.5 Å². The van der Waals surface area contributed by atoms with Gasteiger partial charge in [0.25, 0.3) is 0 Å². The van der Waals surface area contributed by atoms with Crippen molar-refractivity contribution in [2.45, 2.75) is 6.92 Å². The van der Waals surface area contributed by atoms with E-state index in [1.807, 2.05) is 0 Å². The summed E-state index contributed by atoms with van der Waals surface area (Å²) in [5, 5.41) is 17.1. The third-order valence-electron chi connectivity index (χ3n) is 1.69. The highest BCUT2D eigenvalue weighted by Gasteiger charge is 2.28. The molecule has 0 bridgehead atoms. The molecule has 0 saturated heterocycles. The zero-order valence-corrected chi connectivity index (χ0v) is 5.70. The standard InChI is InChI=1S/C7H7N3/c1-5-7(3-9)6(2-8)4-10-5/h6-7H,4H2,1H3/t6-,7-/m0/s1. The topological polar surface area (TPSA) is 59.9 Å². The Labute approximate surface area is 59.6 Å². The van der Waals surface area contributed by atoms with Crippen LogP contribution in [0.3, 0.4) is 0 Å². The molecule has 0 amide bonds. The second kappa shape index (κ2) is 2.49. The minimum absolute atomic E-state index is 0.204. The average Bonchev–Trinajstić information content (AvgIpc) is 2.30. The molecule has 0 spiro atoms. The van der Waals surface area contributed by atoms with Gasteiger partial charge in [-0.1, -0.05) is 0 Å². The monoisotopic (exact) mass is 133 g/mol. The van der Waals surface area contributed by atoms with Gasteiger partial charge in [-0.05, 0) is 6.92 Å². The third-order valence-corrected chi connectivity index (χ3v) is 1.69. The van der Waals surface area contributed by atoms with E-state index in [1.165, 1.54) is 0 Å². The van der Waals surface area contributed by atoms with Crippen LogP contribution < -0.4 is 0 Å². The highest BCUT2D eigenvalue weighted by Crippen LogP contribution is 2.19. The Morgan fingerprint density at radius 2 is 2.20 bits per heavy atom. The Bertz CT molecular complexity index is 241. The van der Waals surface area contributed by atoms with E-state index in [4.69, 9.17) is 10.5 Å². The smallest absolute Gasteiger partial charge is 0.101 e. The highest BCUT2D eigenvalue weighted by atomic mass is 14.8. The summed E-state index contributed by atoms with van der Waals surface area (Å²) >= 11 is 0. The van der Waals surface area contributed by atoms with Crippen molar-refractivity contribution in [3.8, 4) is 12.1 Å². The van der Waals surface area contributed by atoms with Crippen molar-refractivity contribution in [1.82, 2.24) is 0 Å². The minimum Gasteiger partial charge on any atom is -0.292 e. The number of nitriles is 2. The van der Waals surface area contributed by atoms with Crippen LogP contribution in [0, 0.1) is 34.5 Å². The SMILES string of the molecule is CC1=NC[C@H](C#N)[C@H]1C#N. The van der Waals surface area contributed by atoms with Crippen molar-refractivity contribution in [1.29, 1.82) is 10.5 Å². The van der Waals surface area contributed by atoms with Crippen molar-refractivity contribution in [3.63, 3.8) is 0 Å². The van der Waals surface area contributed by atoms with Gasteiger partial charge in [-0.15, -0.1) is 0 Å². The summed E-state index contributed by atoms with van der Waals surface area (Å²) in [6.45, 7) is 2.30. The van der Waals surface area contributed by atoms with E-state index >= 15 is 0 Å². The van der Waals surface area contributed by atoms with Gasteiger partial charge in [-0.3, -0.25) is 4.99 Å². The predicted molar refractivity (Wildman–Crippen MR) is 36.2 cm³/mol. The first-order chi connectivity index (χ1) is 4.79. The van der Waals surface area contributed by atoms with Crippen LogP contribution in [0.4, 0.5) is 0 Å². The van der Waals surface area contributed by atoms with Gasteiger partial charge in [0, 0.05) is 5.71 Å². The Morgan fingerprint density at radius 3 is 2.60 bits per heavy atom. The molecule has 0 aliphatic carbocycles. The molecule has 3 nitrogen and oxygen atoms in total. The van der Waals surface area contributed by atoms with Gasteiger partial charge in [0.05, 0.1) is 24.6 Å². The lowest BCUT2D eigenvalue weighted by Gasteiger charge is -2.01. The molecular formula is C7H7N3. The Hall–Kier alpha value is -1.35. The molecule has 50 valence electrons. The Balaban J connectivity index is 2.78. The van der Waals surface area contributed by atoms with Gasteiger partial charge < -0.3 is 0 Å². The van der Waals surface area contributed by atoms with E-state index in [2.05, 4.69) is 17.1 Å². The van der Waals surface area contributed by atoms with Crippen molar-refractivity contribution in [2.75, 3.05) is 6.54 Å². The fourth-order valence-corrected chi connectivity index (χ4v) is 1.04. The van der Waals surface area contributed by atoms with Crippen LogP contribution in [0.2, 0.25) is 0 Å². The summed E-state index contributed by atoms with van der Waals surface area (Å²) in [6.07, 6.45) is 0. The summed E-state index contributed by atoms with van der Waals surface area (Å²) in [7, 11) is 0. The maximum atomic E-state index is 8.56. The fraction of sp³-hybridized carbons (Fsp3) is 0.571. The van der Waals surface area contributed by atoms with Crippen molar-refractivity contribution in [2.24, 2.45) is 16.8 Å². The molecule has 0 aromatic carbocycles. The number of nitrogens with zero attached hydrogens (tertiary/aromatic N) is 3. The molecule has 10 heavy (non-hydrogen) atoms. The first-order valence-corrected chi connectivity index (χ1v) is 3.09.